The summed E-state index contributed by atoms with van der Waals surface area (Å²) < 4.78 is 5.48. The Morgan fingerprint density at radius 1 is 1.05 bits per heavy atom. The van der Waals surface area contributed by atoms with Gasteiger partial charge in [-0.2, -0.15) is 0 Å². The third-order valence-corrected chi connectivity index (χ3v) is 10.7. The molecule has 2 aliphatic heterocycles. The van der Waals surface area contributed by atoms with Crippen molar-refractivity contribution in [1.82, 2.24) is 14.7 Å². The number of piperidine rings is 1. The molecule has 2 saturated carbocycles. The monoisotopic (exact) mass is 543 g/mol. The molecule has 5 rings (SSSR count). The first-order valence-electron chi connectivity index (χ1n) is 14.7. The van der Waals surface area contributed by atoms with Crippen molar-refractivity contribution in [1.29, 1.82) is 0 Å². The van der Waals surface area contributed by atoms with Crippen molar-refractivity contribution >= 4 is 23.6 Å². The number of ether oxygens (including phenoxy) is 1. The van der Waals surface area contributed by atoms with Crippen LogP contribution >= 0.6 is 11.6 Å². The fourth-order valence-corrected chi connectivity index (χ4v) is 7.96. The lowest BCUT2D eigenvalue weighted by molar-refractivity contribution is -0.139. The number of rotatable bonds is 6. The van der Waals surface area contributed by atoms with Gasteiger partial charge in [-0.25, -0.2) is 4.79 Å². The van der Waals surface area contributed by atoms with Crippen LogP contribution in [0.15, 0.2) is 24.3 Å². The molecule has 1 aromatic carbocycles. The molecule has 2 amide bonds. The minimum absolute atomic E-state index is 0.00162. The number of halogens is 1. The fourth-order valence-electron chi connectivity index (χ4n) is 7.84. The van der Waals surface area contributed by atoms with E-state index in [1.165, 1.54) is 37.7 Å². The van der Waals surface area contributed by atoms with E-state index in [1.54, 1.807) is 0 Å². The Morgan fingerprint density at radius 3 is 2.29 bits per heavy atom. The summed E-state index contributed by atoms with van der Waals surface area (Å²) in [6, 6.07) is 8.51. The Labute approximate surface area is 234 Å². The van der Waals surface area contributed by atoms with E-state index in [9.17, 15) is 9.59 Å². The molecule has 2 heterocycles. The van der Waals surface area contributed by atoms with Crippen molar-refractivity contribution in [3.8, 4) is 0 Å². The Hall–Kier alpha value is -1.79. The van der Waals surface area contributed by atoms with Gasteiger partial charge in [0, 0.05) is 36.6 Å². The molecule has 1 aromatic rings. The molecule has 0 N–H and O–H groups in total. The molecule has 210 valence electrons. The lowest BCUT2D eigenvalue weighted by Gasteiger charge is -2.51. The second-order valence-electron chi connectivity index (χ2n) is 13.3. The van der Waals surface area contributed by atoms with Gasteiger partial charge in [0.2, 0.25) is 5.91 Å². The van der Waals surface area contributed by atoms with Crippen LogP contribution in [0.1, 0.15) is 83.1 Å². The van der Waals surface area contributed by atoms with Gasteiger partial charge in [0.25, 0.3) is 0 Å². The number of nitrogens with zero attached hydrogens (tertiary/aromatic N) is 3. The first kappa shape index (κ1) is 27.8. The number of carbonyl (C=O) groups excluding carboxylic acids is 2. The minimum atomic E-state index is -0.275. The molecule has 38 heavy (non-hydrogen) atoms. The number of hydrogen-bond acceptors (Lipinski definition) is 4. The Bertz CT molecular complexity index is 996. The quantitative estimate of drug-likeness (QED) is 0.429. The molecule has 3 atom stereocenters. The molecule has 0 bridgehead atoms. The van der Waals surface area contributed by atoms with Crippen LogP contribution in [0.2, 0.25) is 5.02 Å². The first-order valence-corrected chi connectivity index (χ1v) is 15.1. The molecule has 2 saturated heterocycles. The predicted molar refractivity (Wildman–Crippen MR) is 151 cm³/mol. The van der Waals surface area contributed by atoms with Crippen molar-refractivity contribution < 1.29 is 14.3 Å². The molecule has 0 aromatic heterocycles. The van der Waals surface area contributed by atoms with Crippen molar-refractivity contribution in [2.75, 3.05) is 40.3 Å². The third kappa shape index (κ3) is 5.45. The largest absolute Gasteiger partial charge is 0.447 e. The Balaban J connectivity index is 1.33. The maximum Gasteiger partial charge on any atom is 0.410 e. The fraction of sp³-hybridized carbons (Fsp3) is 0.742. The number of amides is 2. The van der Waals surface area contributed by atoms with Gasteiger partial charge >= 0.3 is 6.09 Å². The zero-order chi connectivity index (χ0) is 27.1. The highest BCUT2D eigenvalue weighted by atomic mass is 35.5. The molecular formula is C31H46ClN3O3. The van der Waals surface area contributed by atoms with E-state index >= 15 is 0 Å². The summed E-state index contributed by atoms with van der Waals surface area (Å²) >= 11 is 6.18. The summed E-state index contributed by atoms with van der Waals surface area (Å²) in [5.74, 6) is 1.15. The second kappa shape index (κ2) is 11.0. The number of likely N-dealkylation sites (tertiary alicyclic amines) is 1. The highest BCUT2D eigenvalue weighted by Crippen LogP contribution is 2.49. The number of carbonyl (C=O) groups is 2. The Morgan fingerprint density at radius 2 is 1.71 bits per heavy atom. The maximum absolute atomic E-state index is 14.1. The van der Waals surface area contributed by atoms with E-state index < -0.39 is 0 Å². The topological polar surface area (TPSA) is 53.1 Å². The standard InChI is InChI=1S/C31H46ClN3O3/c1-30(2)21-38-29(37)35(30)20-31(23-8-6-5-7-9-23)14-16-34(17-15-31)28(36)27-19-25(33(3)4)18-26(27)22-10-12-24(32)13-11-22/h10-13,23,25-27H,5-9,14-21H2,1-4H3/t25-,26?,27+/m0/s1. The summed E-state index contributed by atoms with van der Waals surface area (Å²) in [6.07, 6.45) is 10.0. The highest BCUT2D eigenvalue weighted by Gasteiger charge is 2.50. The van der Waals surface area contributed by atoms with Gasteiger partial charge in [-0.1, -0.05) is 43.0 Å². The zero-order valence-corrected chi connectivity index (χ0v) is 24.5. The van der Waals surface area contributed by atoms with E-state index in [4.69, 9.17) is 16.3 Å². The van der Waals surface area contributed by atoms with Crippen LogP contribution in [0, 0.1) is 17.3 Å². The highest BCUT2D eigenvalue weighted by molar-refractivity contribution is 6.30. The molecule has 0 radical (unpaired) electrons. The zero-order valence-electron chi connectivity index (χ0n) is 23.8. The number of cyclic esters (lactones) is 1. The van der Waals surface area contributed by atoms with E-state index in [2.05, 4.69) is 49.9 Å². The van der Waals surface area contributed by atoms with Gasteiger partial charge in [0.15, 0.2) is 0 Å². The van der Waals surface area contributed by atoms with Crippen molar-refractivity contribution in [2.45, 2.75) is 89.1 Å². The normalized spacial score (nSPS) is 29.6. The minimum Gasteiger partial charge on any atom is -0.447 e. The van der Waals surface area contributed by atoms with E-state index in [-0.39, 0.29) is 28.9 Å². The summed E-state index contributed by atoms with van der Waals surface area (Å²) in [5, 5.41) is 0.735. The van der Waals surface area contributed by atoms with Crippen LogP contribution in [-0.4, -0.2) is 78.6 Å². The Kier molecular flexibility index (Phi) is 8.04. The van der Waals surface area contributed by atoms with Crippen LogP contribution in [0.5, 0.6) is 0 Å². The van der Waals surface area contributed by atoms with Crippen molar-refractivity contribution in [3.63, 3.8) is 0 Å². The molecule has 0 spiro atoms. The lowest BCUT2D eigenvalue weighted by atomic mass is 9.63. The van der Waals surface area contributed by atoms with E-state index in [0.717, 1.165) is 50.3 Å². The van der Waals surface area contributed by atoms with Crippen molar-refractivity contribution in [3.05, 3.63) is 34.9 Å². The van der Waals surface area contributed by atoms with Crippen LogP contribution in [-0.2, 0) is 9.53 Å². The summed E-state index contributed by atoms with van der Waals surface area (Å²) in [5.41, 5.74) is 1.01. The van der Waals surface area contributed by atoms with E-state index in [1.807, 2.05) is 17.0 Å². The molecule has 1 unspecified atom stereocenters. The van der Waals surface area contributed by atoms with Gasteiger partial charge in [-0.3, -0.25) is 9.69 Å². The van der Waals surface area contributed by atoms with Crippen LogP contribution in [0.4, 0.5) is 4.79 Å². The molecule has 4 fully saturated rings. The van der Waals surface area contributed by atoms with Gasteiger partial charge in [-0.05, 0) is 101 Å². The summed E-state index contributed by atoms with van der Waals surface area (Å²) in [4.78, 5) is 33.3. The second-order valence-corrected chi connectivity index (χ2v) is 13.8. The lowest BCUT2D eigenvalue weighted by Crippen LogP contribution is -2.55. The molecule has 7 heteroatoms. The average Bonchev–Trinajstić information content (AvgIpc) is 3.47. The van der Waals surface area contributed by atoms with Gasteiger partial charge in [-0.15, -0.1) is 0 Å². The number of benzene rings is 1. The van der Waals surface area contributed by atoms with Crippen LogP contribution in [0.3, 0.4) is 0 Å². The van der Waals surface area contributed by atoms with Gasteiger partial charge < -0.3 is 14.5 Å². The number of hydrogen-bond donors (Lipinski definition) is 0. The van der Waals surface area contributed by atoms with Crippen LogP contribution < -0.4 is 0 Å². The van der Waals surface area contributed by atoms with Crippen LogP contribution in [0.25, 0.3) is 0 Å². The molecule has 2 aliphatic carbocycles. The molecule has 6 nitrogen and oxygen atoms in total. The SMILES string of the molecule is CN(C)[C@H]1CC(c2ccc(Cl)cc2)[C@H](C(=O)N2CCC(CN3C(=O)OCC3(C)C)(C3CCCCC3)CC2)C1. The van der Waals surface area contributed by atoms with E-state index in [0.29, 0.717) is 24.5 Å². The maximum atomic E-state index is 14.1. The van der Waals surface area contributed by atoms with Gasteiger partial charge in [0.05, 0.1) is 5.54 Å². The summed E-state index contributed by atoms with van der Waals surface area (Å²) in [7, 11) is 4.25. The summed E-state index contributed by atoms with van der Waals surface area (Å²) in [6.45, 7) is 7.01. The third-order valence-electron chi connectivity index (χ3n) is 10.4. The smallest absolute Gasteiger partial charge is 0.410 e. The van der Waals surface area contributed by atoms with Gasteiger partial charge in [0.1, 0.15) is 6.61 Å². The van der Waals surface area contributed by atoms with Crippen molar-refractivity contribution in [2.24, 2.45) is 17.3 Å². The molecule has 4 aliphatic rings. The average molecular weight is 544 g/mol. The first-order chi connectivity index (χ1) is 18.1. The molecular weight excluding hydrogens is 498 g/mol. The predicted octanol–water partition coefficient (Wildman–Crippen LogP) is 6.18.